The molecule has 2 fully saturated rings. The van der Waals surface area contributed by atoms with E-state index in [1.54, 1.807) is 0 Å². The molecule has 2 aliphatic rings. The molecule has 22 heavy (non-hydrogen) atoms. The van der Waals surface area contributed by atoms with Gasteiger partial charge in [0.25, 0.3) is 0 Å². The molecule has 2 saturated carbocycles. The second-order valence-electron chi connectivity index (χ2n) is 8.92. The van der Waals surface area contributed by atoms with Gasteiger partial charge in [-0.25, -0.2) is 0 Å². The van der Waals surface area contributed by atoms with Crippen molar-refractivity contribution in [2.75, 3.05) is 0 Å². The van der Waals surface area contributed by atoms with Gasteiger partial charge >= 0.3 is 0 Å². The molecule has 1 nitrogen and oxygen atoms in total. The molecule has 126 valence electrons. The first-order valence-corrected chi connectivity index (χ1v) is 9.90. The van der Waals surface area contributed by atoms with Gasteiger partial charge in [-0.05, 0) is 80.5 Å². The zero-order valence-corrected chi connectivity index (χ0v) is 15.4. The Morgan fingerprint density at radius 1 is 0.864 bits per heavy atom. The van der Waals surface area contributed by atoms with E-state index in [1.165, 1.54) is 51.4 Å². The average Bonchev–Trinajstić information content (AvgIpc) is 2.52. The number of rotatable bonds is 5. The molecular weight excluding hydrogens is 266 g/mol. The van der Waals surface area contributed by atoms with Crippen LogP contribution in [0.25, 0.3) is 0 Å². The lowest BCUT2D eigenvalue weighted by molar-refractivity contribution is 0.118. The molecule has 2 unspecified atom stereocenters. The van der Waals surface area contributed by atoms with E-state index in [4.69, 9.17) is 0 Å². The van der Waals surface area contributed by atoms with Crippen molar-refractivity contribution in [3.8, 4) is 6.07 Å². The van der Waals surface area contributed by atoms with Crippen LogP contribution in [0.15, 0.2) is 0 Å². The maximum absolute atomic E-state index is 9.51. The highest BCUT2D eigenvalue weighted by molar-refractivity contribution is 4.92. The summed E-state index contributed by atoms with van der Waals surface area (Å²) in [5.41, 5.74) is 0. The smallest absolute Gasteiger partial charge is 0.0658 e. The Kier molecular flexibility index (Phi) is 6.79. The fraction of sp³-hybridized carbons (Fsp3) is 0.952. The van der Waals surface area contributed by atoms with E-state index in [1.807, 2.05) is 0 Å². The molecule has 1 heteroatoms. The van der Waals surface area contributed by atoms with Gasteiger partial charge in [-0.15, -0.1) is 0 Å². The monoisotopic (exact) mass is 303 g/mol. The van der Waals surface area contributed by atoms with E-state index >= 15 is 0 Å². The summed E-state index contributed by atoms with van der Waals surface area (Å²) in [6, 6.07) is 2.61. The summed E-state index contributed by atoms with van der Waals surface area (Å²) in [5.74, 6) is 5.32. The summed E-state index contributed by atoms with van der Waals surface area (Å²) < 4.78 is 0. The minimum Gasteiger partial charge on any atom is -0.198 e. The summed E-state index contributed by atoms with van der Waals surface area (Å²) in [6.07, 6.45) is 12.6. The van der Waals surface area contributed by atoms with E-state index < -0.39 is 0 Å². The predicted octanol–water partition coefficient (Wildman–Crippen LogP) is 6.44. The van der Waals surface area contributed by atoms with Crippen molar-refractivity contribution in [1.82, 2.24) is 0 Å². The van der Waals surface area contributed by atoms with E-state index in [9.17, 15) is 5.26 Å². The molecule has 2 atom stereocenters. The minimum absolute atomic E-state index is 0.275. The third kappa shape index (κ3) is 4.74. The van der Waals surface area contributed by atoms with Crippen molar-refractivity contribution < 1.29 is 0 Å². The minimum atomic E-state index is 0.275. The first kappa shape index (κ1) is 17.8. The molecule has 0 aromatic carbocycles. The Labute approximate surface area is 138 Å². The lowest BCUT2D eigenvalue weighted by Crippen LogP contribution is -2.29. The van der Waals surface area contributed by atoms with E-state index in [2.05, 4.69) is 33.8 Å². The summed E-state index contributed by atoms with van der Waals surface area (Å²) in [4.78, 5) is 0. The topological polar surface area (TPSA) is 23.8 Å². The van der Waals surface area contributed by atoms with Gasteiger partial charge in [0, 0.05) is 5.92 Å². The average molecular weight is 304 g/mol. The van der Waals surface area contributed by atoms with Crippen LogP contribution in [0.4, 0.5) is 0 Å². The van der Waals surface area contributed by atoms with Crippen LogP contribution >= 0.6 is 0 Å². The molecule has 0 amide bonds. The SMILES string of the molecule is CC(C)CC(C#N)C(C)C1CCC(C2CCC(C)CC2)CC1. The van der Waals surface area contributed by atoms with Crippen molar-refractivity contribution in [1.29, 1.82) is 5.26 Å². The van der Waals surface area contributed by atoms with Crippen LogP contribution in [0, 0.1) is 52.8 Å². The highest BCUT2D eigenvalue weighted by Crippen LogP contribution is 2.44. The number of hydrogen-bond donors (Lipinski definition) is 0. The molecule has 0 spiro atoms. The maximum atomic E-state index is 9.51. The lowest BCUT2D eigenvalue weighted by atomic mass is 9.66. The van der Waals surface area contributed by atoms with Gasteiger partial charge in [0.05, 0.1) is 6.07 Å². The Hall–Kier alpha value is -0.510. The van der Waals surface area contributed by atoms with Crippen LogP contribution in [0.5, 0.6) is 0 Å². The molecule has 0 aromatic rings. The summed E-state index contributed by atoms with van der Waals surface area (Å²) >= 11 is 0. The zero-order valence-electron chi connectivity index (χ0n) is 15.4. The summed E-state index contributed by atoms with van der Waals surface area (Å²) in [7, 11) is 0. The molecular formula is C21H37N. The van der Waals surface area contributed by atoms with Gasteiger partial charge < -0.3 is 0 Å². The van der Waals surface area contributed by atoms with Crippen molar-refractivity contribution >= 4 is 0 Å². The van der Waals surface area contributed by atoms with Gasteiger partial charge in [-0.1, -0.05) is 40.5 Å². The predicted molar refractivity (Wildman–Crippen MR) is 94.3 cm³/mol. The first-order valence-electron chi connectivity index (χ1n) is 9.90. The van der Waals surface area contributed by atoms with Crippen molar-refractivity contribution in [3.05, 3.63) is 0 Å². The molecule has 0 N–H and O–H groups in total. The van der Waals surface area contributed by atoms with Gasteiger partial charge in [0.15, 0.2) is 0 Å². The maximum Gasteiger partial charge on any atom is 0.0658 e. The fourth-order valence-electron chi connectivity index (χ4n) is 5.12. The first-order chi connectivity index (χ1) is 10.5. The number of nitriles is 1. The quantitative estimate of drug-likeness (QED) is 0.573. The Morgan fingerprint density at radius 3 is 1.82 bits per heavy atom. The Bertz CT molecular complexity index is 351. The lowest BCUT2D eigenvalue weighted by Gasteiger charge is -2.39. The molecule has 2 rings (SSSR count). The van der Waals surface area contributed by atoms with Gasteiger partial charge in [-0.3, -0.25) is 0 Å². The largest absolute Gasteiger partial charge is 0.198 e. The van der Waals surface area contributed by atoms with Crippen LogP contribution in [0.3, 0.4) is 0 Å². The molecule has 0 radical (unpaired) electrons. The molecule has 2 aliphatic carbocycles. The van der Waals surface area contributed by atoms with Gasteiger partial charge in [0.2, 0.25) is 0 Å². The van der Waals surface area contributed by atoms with Crippen LogP contribution in [-0.4, -0.2) is 0 Å². The van der Waals surface area contributed by atoms with Crippen molar-refractivity contribution in [2.24, 2.45) is 41.4 Å². The van der Waals surface area contributed by atoms with Crippen LogP contribution in [-0.2, 0) is 0 Å². The molecule has 0 saturated heterocycles. The summed E-state index contributed by atoms with van der Waals surface area (Å²) in [5, 5.41) is 9.51. The summed E-state index contributed by atoms with van der Waals surface area (Å²) in [6.45, 7) is 9.27. The van der Waals surface area contributed by atoms with E-state index in [0.717, 1.165) is 30.1 Å². The molecule has 0 aromatic heterocycles. The standard InChI is InChI=1S/C21H37N/c1-15(2)13-21(14-22)17(4)18-9-11-20(12-10-18)19-7-5-16(3)6-8-19/h15-21H,5-13H2,1-4H3. The van der Waals surface area contributed by atoms with Crippen LogP contribution in [0.1, 0.15) is 85.5 Å². The fourth-order valence-corrected chi connectivity index (χ4v) is 5.12. The Balaban J connectivity index is 1.80. The highest BCUT2D eigenvalue weighted by Gasteiger charge is 2.33. The van der Waals surface area contributed by atoms with E-state index in [0.29, 0.717) is 11.8 Å². The molecule has 0 bridgehead atoms. The number of hydrogen-bond acceptors (Lipinski definition) is 1. The zero-order chi connectivity index (χ0) is 16.1. The van der Waals surface area contributed by atoms with Gasteiger partial charge in [-0.2, -0.15) is 5.26 Å². The second-order valence-corrected chi connectivity index (χ2v) is 8.92. The third-order valence-corrected chi connectivity index (χ3v) is 6.81. The third-order valence-electron chi connectivity index (χ3n) is 6.81. The van der Waals surface area contributed by atoms with E-state index in [-0.39, 0.29) is 5.92 Å². The Morgan fingerprint density at radius 2 is 1.36 bits per heavy atom. The van der Waals surface area contributed by atoms with Crippen LogP contribution < -0.4 is 0 Å². The number of nitrogens with zero attached hydrogens (tertiary/aromatic N) is 1. The van der Waals surface area contributed by atoms with Gasteiger partial charge in [0.1, 0.15) is 0 Å². The molecule has 0 aliphatic heterocycles. The highest BCUT2D eigenvalue weighted by atomic mass is 14.4. The van der Waals surface area contributed by atoms with Crippen molar-refractivity contribution in [3.63, 3.8) is 0 Å². The normalized spacial score (nSPS) is 35.8. The van der Waals surface area contributed by atoms with Crippen LogP contribution in [0.2, 0.25) is 0 Å². The second kappa shape index (κ2) is 8.37. The van der Waals surface area contributed by atoms with Crippen molar-refractivity contribution in [2.45, 2.75) is 85.5 Å². The molecule has 0 heterocycles.